The average molecular weight is 381 g/mol. The lowest BCUT2D eigenvalue weighted by molar-refractivity contribution is 0.402. The van der Waals surface area contributed by atoms with E-state index in [1.165, 1.54) is 18.2 Å². The second-order valence-corrected chi connectivity index (χ2v) is 9.38. The van der Waals surface area contributed by atoms with Crippen molar-refractivity contribution < 1.29 is 12.8 Å². The van der Waals surface area contributed by atoms with Crippen molar-refractivity contribution >= 4 is 21.4 Å². The van der Waals surface area contributed by atoms with Gasteiger partial charge in [0.1, 0.15) is 10.6 Å². The number of benzene rings is 2. The molecule has 1 unspecified atom stereocenters. The fourth-order valence-electron chi connectivity index (χ4n) is 3.93. The summed E-state index contributed by atoms with van der Waals surface area (Å²) in [6.07, 6.45) is 3.95. The maximum atomic E-state index is 14.8. The standard InChI is InChI=1S/C20H22ClFO2S/c1-2-3-13-20(25(23,24)17-11-9-16(21)10-12-17)14-5-7-15-6-4-8-18(22)19(15)20/h4,6,8-12H,2-3,5,7,13-14H2,1H3. The summed E-state index contributed by atoms with van der Waals surface area (Å²) in [6, 6.07) is 11.1. The summed E-state index contributed by atoms with van der Waals surface area (Å²) in [5.41, 5.74) is 1.20. The molecule has 3 rings (SSSR count). The maximum absolute atomic E-state index is 14.8. The van der Waals surface area contributed by atoms with Crippen LogP contribution >= 0.6 is 11.6 Å². The Balaban J connectivity index is 2.24. The van der Waals surface area contributed by atoms with Crippen LogP contribution in [0, 0.1) is 5.82 Å². The molecule has 2 aromatic rings. The van der Waals surface area contributed by atoms with Crippen LogP contribution in [0.15, 0.2) is 47.4 Å². The van der Waals surface area contributed by atoms with Crippen LogP contribution in [0.5, 0.6) is 0 Å². The van der Waals surface area contributed by atoms with E-state index in [1.807, 2.05) is 13.0 Å². The smallest absolute Gasteiger partial charge is 0.188 e. The van der Waals surface area contributed by atoms with Gasteiger partial charge in [-0.2, -0.15) is 0 Å². The summed E-state index contributed by atoms with van der Waals surface area (Å²) < 4.78 is 40.9. The Bertz CT molecular complexity index is 862. The Morgan fingerprint density at radius 2 is 1.88 bits per heavy atom. The highest BCUT2D eigenvalue weighted by Gasteiger charge is 2.49. The van der Waals surface area contributed by atoms with Gasteiger partial charge in [-0.05, 0) is 61.6 Å². The van der Waals surface area contributed by atoms with Crippen LogP contribution in [0.4, 0.5) is 4.39 Å². The van der Waals surface area contributed by atoms with Gasteiger partial charge in [-0.25, -0.2) is 12.8 Å². The van der Waals surface area contributed by atoms with E-state index in [9.17, 15) is 12.8 Å². The van der Waals surface area contributed by atoms with Crippen LogP contribution in [-0.4, -0.2) is 8.42 Å². The van der Waals surface area contributed by atoms with Crippen molar-refractivity contribution in [1.82, 2.24) is 0 Å². The molecule has 25 heavy (non-hydrogen) atoms. The number of unbranched alkanes of at least 4 members (excludes halogenated alkanes) is 1. The number of aryl methyl sites for hydroxylation is 1. The maximum Gasteiger partial charge on any atom is 0.188 e. The molecule has 2 nitrogen and oxygen atoms in total. The van der Waals surface area contributed by atoms with Crippen LogP contribution in [-0.2, 0) is 21.0 Å². The molecule has 0 aromatic heterocycles. The first-order valence-corrected chi connectivity index (χ1v) is 10.6. The van der Waals surface area contributed by atoms with E-state index in [-0.39, 0.29) is 4.90 Å². The van der Waals surface area contributed by atoms with Gasteiger partial charge in [0, 0.05) is 10.6 Å². The minimum Gasteiger partial charge on any atom is -0.223 e. The second kappa shape index (κ2) is 7.08. The Hall–Kier alpha value is -1.39. The molecule has 0 fully saturated rings. The van der Waals surface area contributed by atoms with E-state index in [4.69, 9.17) is 11.6 Å². The lowest BCUT2D eigenvalue weighted by Gasteiger charge is -2.39. The molecular formula is C20H22ClFO2S. The largest absolute Gasteiger partial charge is 0.223 e. The fourth-order valence-corrected chi connectivity index (χ4v) is 6.33. The Morgan fingerprint density at radius 1 is 1.16 bits per heavy atom. The van der Waals surface area contributed by atoms with Gasteiger partial charge in [0.25, 0.3) is 0 Å². The Morgan fingerprint density at radius 3 is 2.56 bits per heavy atom. The van der Waals surface area contributed by atoms with Gasteiger partial charge < -0.3 is 0 Å². The molecule has 5 heteroatoms. The molecular weight excluding hydrogens is 359 g/mol. The first-order chi connectivity index (χ1) is 11.9. The predicted octanol–water partition coefficient (Wildman–Crippen LogP) is 5.67. The number of fused-ring (bicyclic) bond motifs is 1. The molecule has 2 aromatic carbocycles. The van der Waals surface area contributed by atoms with Crippen molar-refractivity contribution in [2.75, 3.05) is 0 Å². The number of hydrogen-bond donors (Lipinski definition) is 0. The molecule has 0 saturated carbocycles. The summed E-state index contributed by atoms with van der Waals surface area (Å²) in [4.78, 5) is 0.212. The molecule has 134 valence electrons. The Kier molecular flexibility index (Phi) is 5.21. The highest BCUT2D eigenvalue weighted by atomic mass is 35.5. The summed E-state index contributed by atoms with van der Waals surface area (Å²) in [6.45, 7) is 2.02. The van der Waals surface area contributed by atoms with Crippen LogP contribution in [0.25, 0.3) is 0 Å². The number of halogens is 2. The predicted molar refractivity (Wildman–Crippen MR) is 99.2 cm³/mol. The second-order valence-electron chi connectivity index (χ2n) is 6.68. The third-order valence-electron chi connectivity index (χ3n) is 5.15. The third kappa shape index (κ3) is 3.11. The lowest BCUT2D eigenvalue weighted by Crippen LogP contribution is -2.40. The van der Waals surface area contributed by atoms with Gasteiger partial charge in [0.2, 0.25) is 0 Å². The summed E-state index contributed by atoms with van der Waals surface area (Å²) >= 11 is 5.92. The van der Waals surface area contributed by atoms with Crippen molar-refractivity contribution in [2.45, 2.75) is 55.1 Å². The summed E-state index contributed by atoms with van der Waals surface area (Å²) in [7, 11) is -3.75. The fraction of sp³-hybridized carbons (Fsp3) is 0.400. The third-order valence-corrected chi connectivity index (χ3v) is 7.94. The van der Waals surface area contributed by atoms with Crippen molar-refractivity contribution in [1.29, 1.82) is 0 Å². The molecule has 0 saturated heterocycles. The molecule has 0 heterocycles. The van der Waals surface area contributed by atoms with Crippen LogP contribution < -0.4 is 0 Å². The van der Waals surface area contributed by atoms with Gasteiger partial charge in [0.15, 0.2) is 9.84 Å². The molecule has 0 aliphatic heterocycles. The van der Waals surface area contributed by atoms with E-state index in [0.29, 0.717) is 23.4 Å². The summed E-state index contributed by atoms with van der Waals surface area (Å²) in [5.74, 6) is -0.411. The molecule has 1 aliphatic rings. The first kappa shape index (κ1) is 18.4. The van der Waals surface area contributed by atoms with Gasteiger partial charge in [-0.15, -0.1) is 0 Å². The number of rotatable bonds is 5. The molecule has 0 N–H and O–H groups in total. The monoisotopic (exact) mass is 380 g/mol. The van der Waals surface area contributed by atoms with Gasteiger partial charge in [-0.3, -0.25) is 0 Å². The van der Waals surface area contributed by atoms with Crippen molar-refractivity contribution in [3.8, 4) is 0 Å². The zero-order valence-corrected chi connectivity index (χ0v) is 15.8. The molecule has 0 amide bonds. The zero-order valence-electron chi connectivity index (χ0n) is 14.3. The van der Waals surface area contributed by atoms with Crippen LogP contribution in [0.2, 0.25) is 5.02 Å². The Labute approximate surface area is 153 Å². The van der Waals surface area contributed by atoms with Crippen molar-refractivity contribution in [3.05, 3.63) is 64.4 Å². The van der Waals surface area contributed by atoms with Gasteiger partial charge >= 0.3 is 0 Å². The summed E-state index contributed by atoms with van der Waals surface area (Å²) in [5, 5.41) is 0.483. The molecule has 0 spiro atoms. The first-order valence-electron chi connectivity index (χ1n) is 8.70. The van der Waals surface area contributed by atoms with Gasteiger partial charge in [0.05, 0.1) is 4.90 Å². The average Bonchev–Trinajstić information content (AvgIpc) is 2.60. The highest BCUT2D eigenvalue weighted by molar-refractivity contribution is 7.92. The lowest BCUT2D eigenvalue weighted by atomic mass is 9.79. The van der Waals surface area contributed by atoms with Crippen molar-refractivity contribution in [2.24, 2.45) is 0 Å². The van der Waals surface area contributed by atoms with Gasteiger partial charge in [-0.1, -0.05) is 43.5 Å². The van der Waals surface area contributed by atoms with E-state index in [2.05, 4.69) is 0 Å². The minimum absolute atomic E-state index is 0.212. The SMILES string of the molecule is CCCCC1(S(=O)(=O)c2ccc(Cl)cc2)CCCc2cccc(F)c21. The molecule has 0 bridgehead atoms. The zero-order chi connectivity index (χ0) is 18.1. The van der Waals surface area contributed by atoms with E-state index in [1.54, 1.807) is 18.2 Å². The van der Waals surface area contributed by atoms with E-state index >= 15 is 0 Å². The normalized spacial score (nSPS) is 20.3. The van der Waals surface area contributed by atoms with Crippen molar-refractivity contribution in [3.63, 3.8) is 0 Å². The van der Waals surface area contributed by atoms with Crippen LogP contribution in [0.1, 0.15) is 50.2 Å². The highest BCUT2D eigenvalue weighted by Crippen LogP contribution is 2.49. The molecule has 1 atom stereocenters. The topological polar surface area (TPSA) is 34.1 Å². The van der Waals surface area contributed by atoms with E-state index in [0.717, 1.165) is 31.2 Å². The number of hydrogen-bond acceptors (Lipinski definition) is 2. The quantitative estimate of drug-likeness (QED) is 0.669. The minimum atomic E-state index is -3.75. The van der Waals surface area contributed by atoms with E-state index < -0.39 is 20.4 Å². The van der Waals surface area contributed by atoms with Crippen LogP contribution in [0.3, 0.4) is 0 Å². The number of sulfone groups is 1. The molecule has 0 radical (unpaired) electrons. The molecule has 1 aliphatic carbocycles.